The zero-order valence-corrected chi connectivity index (χ0v) is 24.0. The fourth-order valence-corrected chi connectivity index (χ4v) is 4.44. The number of aliphatic hydroxyl groups excluding tert-OH is 1. The zero-order chi connectivity index (χ0) is 29.4. The molecule has 11 nitrogen and oxygen atoms in total. The van der Waals surface area contributed by atoms with Crippen molar-refractivity contribution in [2.24, 2.45) is 11.8 Å². The topological polar surface area (TPSA) is 147 Å². The number of esters is 1. The molecule has 2 atom stereocenters. The second-order valence-electron chi connectivity index (χ2n) is 10.5. The third-order valence-electron chi connectivity index (χ3n) is 6.80. The summed E-state index contributed by atoms with van der Waals surface area (Å²) in [6.45, 7) is 7.29. The van der Waals surface area contributed by atoms with Gasteiger partial charge in [0.15, 0.2) is 5.65 Å². The van der Waals surface area contributed by atoms with Crippen LogP contribution in [0.4, 0.5) is 11.9 Å². The number of nitrogens with one attached hydrogen (secondary N) is 2. The first kappa shape index (κ1) is 29.9. The summed E-state index contributed by atoms with van der Waals surface area (Å²) in [4.78, 5) is 26.1. The number of hydrogen-bond acceptors (Lipinski definition) is 10. The summed E-state index contributed by atoms with van der Waals surface area (Å²) in [5, 5.41) is 31.0. The van der Waals surface area contributed by atoms with Crippen molar-refractivity contribution in [3.63, 3.8) is 0 Å². The van der Waals surface area contributed by atoms with E-state index in [9.17, 15) is 14.9 Å². The lowest BCUT2D eigenvalue weighted by atomic mass is 9.62. The smallest absolute Gasteiger partial charge is 0.308 e. The number of pyridine rings is 1. The van der Waals surface area contributed by atoms with E-state index in [1.54, 1.807) is 23.7 Å². The number of benzene rings is 1. The molecule has 216 valence electrons. The quantitative estimate of drug-likeness (QED) is 0.134. The van der Waals surface area contributed by atoms with Crippen LogP contribution in [-0.2, 0) is 22.5 Å². The first-order chi connectivity index (χ1) is 19.7. The van der Waals surface area contributed by atoms with E-state index in [4.69, 9.17) is 4.74 Å². The van der Waals surface area contributed by atoms with Crippen molar-refractivity contribution < 1.29 is 19.7 Å². The Morgan fingerprint density at radius 2 is 1.90 bits per heavy atom. The number of aromatic nitrogens is 5. The molecule has 0 fully saturated rings. The average molecular weight is 559 g/mol. The second kappa shape index (κ2) is 14.0. The van der Waals surface area contributed by atoms with Gasteiger partial charge < -0.3 is 25.5 Å². The molecule has 0 unspecified atom stereocenters. The summed E-state index contributed by atoms with van der Waals surface area (Å²) >= 11 is 0. The van der Waals surface area contributed by atoms with Gasteiger partial charge in [-0.15, -0.1) is 0 Å². The molecule has 4 rings (SSSR count). The number of anilines is 2. The van der Waals surface area contributed by atoms with Crippen LogP contribution in [0.25, 0.3) is 16.9 Å². The number of nitrogens with zero attached hydrogens (tertiary/aromatic N) is 5. The van der Waals surface area contributed by atoms with Crippen molar-refractivity contribution in [2.75, 3.05) is 23.8 Å². The summed E-state index contributed by atoms with van der Waals surface area (Å²) in [5.41, 5.74) is 4.64. The molecule has 4 N–H and O–H groups in total. The molecule has 0 aliphatic carbocycles. The lowest BCUT2D eigenvalue weighted by Crippen LogP contribution is -2.32. The van der Waals surface area contributed by atoms with Gasteiger partial charge in [0.1, 0.15) is 12.7 Å². The van der Waals surface area contributed by atoms with Crippen LogP contribution in [0.5, 0.6) is 0 Å². The molecule has 4 aromatic rings. The Kier molecular flexibility index (Phi) is 10.3. The summed E-state index contributed by atoms with van der Waals surface area (Å²) in [6, 6.07) is 14.0. The Balaban J connectivity index is 1.40. The molecule has 0 aliphatic rings. The molecule has 0 aliphatic heterocycles. The molecule has 41 heavy (non-hydrogen) atoms. The van der Waals surface area contributed by atoms with Gasteiger partial charge in [0.25, 0.3) is 6.92 Å². The Morgan fingerprint density at radius 3 is 2.56 bits per heavy atom. The Labute approximate surface area is 240 Å². The molecule has 3 heterocycles. The molecule has 0 radical (unpaired) electrons. The molecule has 0 spiro atoms. The van der Waals surface area contributed by atoms with Gasteiger partial charge in [-0.1, -0.05) is 57.9 Å². The number of fused-ring (bicyclic) bond motifs is 1. The van der Waals surface area contributed by atoms with Crippen LogP contribution in [0, 0.1) is 11.8 Å². The average Bonchev–Trinajstić information content (AvgIpc) is 3.40. The fraction of sp³-hybridized carbons (Fsp3) is 0.414. The van der Waals surface area contributed by atoms with E-state index in [1.807, 2.05) is 63.2 Å². The summed E-state index contributed by atoms with van der Waals surface area (Å²) in [7, 11) is 0. The maximum Gasteiger partial charge on any atom is 0.308 e. The highest BCUT2D eigenvalue weighted by atomic mass is 16.5. The van der Waals surface area contributed by atoms with E-state index in [1.165, 1.54) is 0 Å². The van der Waals surface area contributed by atoms with Gasteiger partial charge in [0.2, 0.25) is 11.9 Å². The van der Waals surface area contributed by atoms with Crippen molar-refractivity contribution in [1.82, 2.24) is 24.6 Å². The largest absolute Gasteiger partial charge is 0.463 e. The van der Waals surface area contributed by atoms with Gasteiger partial charge in [-0.3, -0.25) is 9.78 Å². The predicted molar refractivity (Wildman–Crippen MR) is 160 cm³/mol. The number of ether oxygens (including phenoxy) is 1. The molecule has 0 saturated heterocycles. The zero-order valence-electron chi connectivity index (χ0n) is 24.0. The number of aliphatic hydroxyl groups is 1. The number of aryl methyl sites for hydroxylation is 1. The molecule has 12 heteroatoms. The third-order valence-corrected chi connectivity index (χ3v) is 6.80. The van der Waals surface area contributed by atoms with Crippen molar-refractivity contribution in [3.8, 4) is 11.3 Å². The van der Waals surface area contributed by atoms with Gasteiger partial charge >= 0.3 is 5.97 Å². The Bertz CT molecular complexity index is 1410. The lowest BCUT2D eigenvalue weighted by Gasteiger charge is -2.21. The van der Waals surface area contributed by atoms with E-state index in [0.29, 0.717) is 30.4 Å². The van der Waals surface area contributed by atoms with Crippen LogP contribution in [0.2, 0.25) is 13.1 Å². The van der Waals surface area contributed by atoms with E-state index >= 15 is 0 Å². The minimum Gasteiger partial charge on any atom is -0.463 e. The van der Waals surface area contributed by atoms with Crippen LogP contribution in [0.15, 0.2) is 54.9 Å². The SMILES string of the molecule is CCc1cnn2c(NCc3ccc(-c4ccccn4)cc3)nc(NC[C@@H](O)COC(=O)[C@H](CB(C)O)C(C)C)nc12. The summed E-state index contributed by atoms with van der Waals surface area (Å²) in [6.07, 6.45) is 3.64. The minimum atomic E-state index is -0.970. The van der Waals surface area contributed by atoms with E-state index in [2.05, 4.69) is 30.7 Å². The molecule has 0 saturated carbocycles. The number of carbonyl (C=O) groups excluding carboxylic acids is 1. The first-order valence-corrected chi connectivity index (χ1v) is 14.0. The standard InChI is InChI=1S/C29H38BN7O4/c1-5-21-16-34-37-26(21)35-28(32-17-23(38)18-41-27(39)24(19(2)3)14-30(4)40)36-29(37)33-15-20-9-11-22(12-10-20)25-8-6-7-13-31-25/h6-13,16,19,23-24,38,40H,5,14-15,17-18H2,1-4H3,(H2,32,33,35,36)/t23-,24-/m1/s1. The monoisotopic (exact) mass is 559 g/mol. The molecule has 0 amide bonds. The molecule has 0 bridgehead atoms. The van der Waals surface area contributed by atoms with Crippen LogP contribution < -0.4 is 10.6 Å². The first-order valence-electron chi connectivity index (χ1n) is 14.0. The van der Waals surface area contributed by atoms with Gasteiger partial charge in [-0.05, 0) is 36.4 Å². The van der Waals surface area contributed by atoms with Gasteiger partial charge in [0, 0.05) is 30.4 Å². The van der Waals surface area contributed by atoms with Gasteiger partial charge in [-0.25, -0.2) is 0 Å². The lowest BCUT2D eigenvalue weighted by molar-refractivity contribution is -0.152. The van der Waals surface area contributed by atoms with Crippen LogP contribution >= 0.6 is 0 Å². The number of carbonyl (C=O) groups is 1. The minimum absolute atomic E-state index is 0.0145. The van der Waals surface area contributed by atoms with Gasteiger partial charge in [0.05, 0.1) is 17.8 Å². The maximum atomic E-state index is 12.5. The number of hydrogen-bond donors (Lipinski definition) is 4. The third kappa shape index (κ3) is 8.02. The van der Waals surface area contributed by atoms with Crippen LogP contribution in [0.3, 0.4) is 0 Å². The highest BCUT2D eigenvalue weighted by Gasteiger charge is 2.27. The fourth-order valence-electron chi connectivity index (χ4n) is 4.44. The van der Waals surface area contributed by atoms with Crippen molar-refractivity contribution in [2.45, 2.75) is 53.0 Å². The van der Waals surface area contributed by atoms with Crippen LogP contribution in [0.1, 0.15) is 31.9 Å². The highest BCUT2D eigenvalue weighted by molar-refractivity contribution is 6.49. The second-order valence-corrected chi connectivity index (χ2v) is 10.5. The Hall–Kier alpha value is -4.03. The molecule has 1 aromatic carbocycles. The van der Waals surface area contributed by atoms with Crippen molar-refractivity contribution in [1.29, 1.82) is 0 Å². The van der Waals surface area contributed by atoms with E-state index in [-0.39, 0.29) is 19.1 Å². The molecular formula is C29H38BN7O4. The van der Waals surface area contributed by atoms with Crippen molar-refractivity contribution in [3.05, 3.63) is 66.0 Å². The highest BCUT2D eigenvalue weighted by Crippen LogP contribution is 2.21. The van der Waals surface area contributed by atoms with Gasteiger partial charge in [-0.2, -0.15) is 19.6 Å². The molecule has 3 aromatic heterocycles. The maximum absolute atomic E-state index is 12.5. The summed E-state index contributed by atoms with van der Waals surface area (Å²) < 4.78 is 7.01. The van der Waals surface area contributed by atoms with E-state index in [0.717, 1.165) is 28.8 Å². The van der Waals surface area contributed by atoms with E-state index < -0.39 is 24.9 Å². The predicted octanol–water partition coefficient (Wildman–Crippen LogP) is 3.56. The van der Waals surface area contributed by atoms with Crippen molar-refractivity contribution >= 4 is 30.4 Å². The van der Waals surface area contributed by atoms with Crippen LogP contribution in [-0.4, -0.2) is 66.8 Å². The summed E-state index contributed by atoms with van der Waals surface area (Å²) in [5.74, 6) is -0.0233. The normalized spacial score (nSPS) is 12.8. The number of rotatable bonds is 14. The Morgan fingerprint density at radius 1 is 1.12 bits per heavy atom. The molecular weight excluding hydrogens is 521 g/mol.